The van der Waals surface area contributed by atoms with Crippen molar-refractivity contribution in [2.45, 2.75) is 69.6 Å². The van der Waals surface area contributed by atoms with Gasteiger partial charge in [0.15, 0.2) is 0 Å². The van der Waals surface area contributed by atoms with Crippen LogP contribution in [0.5, 0.6) is 0 Å². The lowest BCUT2D eigenvalue weighted by Gasteiger charge is -2.56. The fourth-order valence-electron chi connectivity index (χ4n) is 7.14. The van der Waals surface area contributed by atoms with E-state index in [-0.39, 0.29) is 16.2 Å². The molecule has 1 aromatic carbocycles. The predicted octanol–water partition coefficient (Wildman–Crippen LogP) is 4.12. The van der Waals surface area contributed by atoms with E-state index in [2.05, 4.69) is 5.32 Å². The minimum Gasteiger partial charge on any atom is -0.351 e. The van der Waals surface area contributed by atoms with Crippen molar-refractivity contribution >= 4 is 15.9 Å². The average Bonchev–Trinajstić information content (AvgIpc) is 2.72. The van der Waals surface area contributed by atoms with Crippen LogP contribution in [0, 0.1) is 30.1 Å². The van der Waals surface area contributed by atoms with Crippen LogP contribution in [0.15, 0.2) is 23.1 Å². The molecule has 0 spiro atoms. The molecular weight excluding hydrogens is 396 g/mol. The van der Waals surface area contributed by atoms with Gasteiger partial charge in [-0.15, -0.1) is 0 Å². The maximum atomic E-state index is 13.2. The predicted molar refractivity (Wildman–Crippen MR) is 117 cm³/mol. The first-order valence-electron chi connectivity index (χ1n) is 11.7. The highest BCUT2D eigenvalue weighted by molar-refractivity contribution is 7.89. The van der Waals surface area contributed by atoms with Gasteiger partial charge in [0.25, 0.3) is 5.91 Å². The zero-order chi connectivity index (χ0) is 20.9. The first-order chi connectivity index (χ1) is 14.3. The lowest BCUT2D eigenvalue weighted by atomic mass is 9.49. The summed E-state index contributed by atoms with van der Waals surface area (Å²) < 4.78 is 27.9. The van der Waals surface area contributed by atoms with Gasteiger partial charge in [0, 0.05) is 25.2 Å². The molecule has 0 aromatic heterocycles. The largest absolute Gasteiger partial charge is 0.351 e. The van der Waals surface area contributed by atoms with Gasteiger partial charge in [0.05, 0.1) is 4.90 Å². The number of nitrogens with zero attached hydrogens (tertiary/aromatic N) is 1. The van der Waals surface area contributed by atoms with E-state index in [4.69, 9.17) is 0 Å². The van der Waals surface area contributed by atoms with Crippen LogP contribution in [0.4, 0.5) is 0 Å². The van der Waals surface area contributed by atoms with Gasteiger partial charge in [0.1, 0.15) is 0 Å². The van der Waals surface area contributed by atoms with Crippen LogP contribution in [0.3, 0.4) is 0 Å². The second-order valence-electron chi connectivity index (χ2n) is 10.5. The summed E-state index contributed by atoms with van der Waals surface area (Å²) in [6, 6.07) is 5.13. The topological polar surface area (TPSA) is 66.5 Å². The molecule has 0 unspecified atom stereocenters. The Labute approximate surface area is 180 Å². The summed E-state index contributed by atoms with van der Waals surface area (Å²) in [4.78, 5) is 13.3. The molecule has 5 fully saturated rings. The molecular formula is C24H34N2O3S. The van der Waals surface area contributed by atoms with Gasteiger partial charge < -0.3 is 5.32 Å². The van der Waals surface area contributed by atoms with Gasteiger partial charge in [-0.05, 0) is 99.2 Å². The third-order valence-corrected chi connectivity index (χ3v) is 10.2. The second-order valence-corrected chi connectivity index (χ2v) is 12.5. The number of hydrogen-bond acceptors (Lipinski definition) is 3. The summed E-state index contributed by atoms with van der Waals surface area (Å²) in [7, 11) is -3.55. The molecule has 4 saturated carbocycles. The number of hydrogen-bond donors (Lipinski definition) is 1. The molecule has 6 rings (SSSR count). The highest BCUT2D eigenvalue weighted by Gasteiger charge is 2.50. The third kappa shape index (κ3) is 3.70. The highest BCUT2D eigenvalue weighted by Crippen LogP contribution is 2.59. The van der Waals surface area contributed by atoms with E-state index in [9.17, 15) is 13.2 Å². The maximum Gasteiger partial charge on any atom is 0.251 e. The van der Waals surface area contributed by atoms with Gasteiger partial charge in [-0.3, -0.25) is 4.79 Å². The molecule has 1 amide bonds. The molecule has 164 valence electrons. The van der Waals surface area contributed by atoms with Crippen LogP contribution >= 0.6 is 0 Å². The summed E-state index contributed by atoms with van der Waals surface area (Å²) in [6.07, 6.45) is 10.8. The lowest BCUT2D eigenvalue weighted by molar-refractivity contribution is -0.0503. The Hall–Kier alpha value is -1.40. The Morgan fingerprint density at radius 1 is 1.03 bits per heavy atom. The van der Waals surface area contributed by atoms with Crippen molar-refractivity contribution in [2.24, 2.45) is 23.2 Å². The molecule has 1 heterocycles. The number of rotatable bonds is 5. The monoisotopic (exact) mass is 430 g/mol. The van der Waals surface area contributed by atoms with Crippen molar-refractivity contribution in [3.63, 3.8) is 0 Å². The molecule has 5 aliphatic rings. The van der Waals surface area contributed by atoms with Crippen molar-refractivity contribution in [3.05, 3.63) is 29.3 Å². The first-order valence-corrected chi connectivity index (χ1v) is 13.2. The Morgan fingerprint density at radius 2 is 1.63 bits per heavy atom. The standard InChI is InChI=1S/C24H34N2O3S/c1-17-5-6-21(12-22(17)30(28,29)26-7-3-2-4-8-26)23(27)25-16-24-13-18-9-19(14-24)11-20(10-18)15-24/h5-6,12,18-20H,2-4,7-11,13-16H2,1H3,(H,25,27). The van der Waals surface area contributed by atoms with Gasteiger partial charge in [0.2, 0.25) is 10.0 Å². The average molecular weight is 431 g/mol. The van der Waals surface area contributed by atoms with Crippen LogP contribution in [0.2, 0.25) is 0 Å². The number of carbonyl (C=O) groups is 1. The third-order valence-electron chi connectivity index (χ3n) is 8.17. The zero-order valence-corrected chi connectivity index (χ0v) is 18.8. The van der Waals surface area contributed by atoms with Gasteiger partial charge >= 0.3 is 0 Å². The smallest absolute Gasteiger partial charge is 0.251 e. The molecule has 4 bridgehead atoms. The van der Waals surface area contributed by atoms with E-state index >= 15 is 0 Å². The van der Waals surface area contributed by atoms with Gasteiger partial charge in [-0.2, -0.15) is 4.31 Å². The molecule has 30 heavy (non-hydrogen) atoms. The molecule has 5 nitrogen and oxygen atoms in total. The second kappa shape index (κ2) is 7.63. The number of nitrogens with one attached hydrogen (secondary N) is 1. The van der Waals surface area contributed by atoms with E-state index in [1.807, 2.05) is 6.92 Å². The quantitative estimate of drug-likeness (QED) is 0.764. The first kappa shape index (κ1) is 20.5. The number of carbonyl (C=O) groups excluding carboxylic acids is 1. The van der Waals surface area contributed by atoms with E-state index in [1.165, 1.54) is 38.5 Å². The fourth-order valence-corrected chi connectivity index (χ4v) is 8.91. The molecule has 0 atom stereocenters. The van der Waals surface area contributed by atoms with Crippen molar-refractivity contribution in [2.75, 3.05) is 19.6 Å². The Kier molecular flexibility index (Phi) is 5.21. The van der Waals surface area contributed by atoms with E-state index in [1.54, 1.807) is 22.5 Å². The molecule has 1 aromatic rings. The van der Waals surface area contributed by atoms with Crippen LogP contribution in [-0.4, -0.2) is 38.3 Å². The fraction of sp³-hybridized carbons (Fsp3) is 0.708. The molecule has 0 radical (unpaired) electrons. The molecule has 1 saturated heterocycles. The maximum absolute atomic E-state index is 13.2. The van der Waals surface area contributed by atoms with Gasteiger partial charge in [-0.25, -0.2) is 8.42 Å². The Balaban J connectivity index is 1.31. The van der Waals surface area contributed by atoms with Crippen molar-refractivity contribution in [1.29, 1.82) is 0 Å². The Bertz CT molecular complexity index is 898. The van der Waals surface area contributed by atoms with E-state index < -0.39 is 10.0 Å². The summed E-state index contributed by atoms with van der Waals surface area (Å²) in [6.45, 7) is 3.69. The van der Waals surface area contributed by atoms with Crippen molar-refractivity contribution in [3.8, 4) is 0 Å². The van der Waals surface area contributed by atoms with Crippen LogP contribution in [0.1, 0.15) is 73.7 Å². The van der Waals surface area contributed by atoms with Crippen LogP contribution in [0.25, 0.3) is 0 Å². The summed E-state index contributed by atoms with van der Waals surface area (Å²) in [5, 5.41) is 3.19. The molecule has 1 N–H and O–H groups in total. The zero-order valence-electron chi connectivity index (χ0n) is 18.0. The highest BCUT2D eigenvalue weighted by atomic mass is 32.2. The molecule has 1 aliphatic heterocycles. The number of benzene rings is 1. The van der Waals surface area contributed by atoms with E-state index in [0.29, 0.717) is 24.2 Å². The Morgan fingerprint density at radius 3 is 2.23 bits per heavy atom. The number of sulfonamides is 1. The van der Waals surface area contributed by atoms with Crippen molar-refractivity contribution < 1.29 is 13.2 Å². The summed E-state index contributed by atoms with van der Waals surface area (Å²) >= 11 is 0. The van der Waals surface area contributed by atoms with Crippen LogP contribution in [-0.2, 0) is 10.0 Å². The number of aryl methyl sites for hydroxylation is 1. The normalized spacial score (nSPS) is 33.6. The number of piperidine rings is 1. The van der Waals surface area contributed by atoms with Crippen LogP contribution < -0.4 is 5.32 Å². The summed E-state index contributed by atoms with van der Waals surface area (Å²) in [5.41, 5.74) is 1.44. The molecule has 6 heteroatoms. The van der Waals surface area contributed by atoms with Gasteiger partial charge in [-0.1, -0.05) is 12.5 Å². The minimum absolute atomic E-state index is 0.138. The minimum atomic E-state index is -3.55. The van der Waals surface area contributed by atoms with E-state index in [0.717, 1.165) is 43.6 Å². The van der Waals surface area contributed by atoms with Crippen molar-refractivity contribution in [1.82, 2.24) is 9.62 Å². The lowest BCUT2D eigenvalue weighted by Crippen LogP contribution is -2.51. The summed E-state index contributed by atoms with van der Waals surface area (Å²) in [5.74, 6) is 2.43. The number of amides is 1. The SMILES string of the molecule is Cc1ccc(C(=O)NCC23CC4CC(CC(C4)C2)C3)cc1S(=O)(=O)N1CCCCC1. The molecule has 4 aliphatic carbocycles.